The summed E-state index contributed by atoms with van der Waals surface area (Å²) in [7, 11) is 0. The van der Waals surface area contributed by atoms with E-state index in [1.165, 1.54) is 10.4 Å². The lowest BCUT2D eigenvalue weighted by Crippen LogP contribution is -2.27. The van der Waals surface area contributed by atoms with Crippen molar-refractivity contribution in [1.29, 1.82) is 0 Å². The summed E-state index contributed by atoms with van der Waals surface area (Å²) in [6.07, 6.45) is 2.67. The van der Waals surface area contributed by atoms with Gasteiger partial charge in [0.2, 0.25) is 0 Å². The second kappa shape index (κ2) is 5.50. The average molecular weight is 273 g/mol. The van der Waals surface area contributed by atoms with E-state index >= 15 is 0 Å². The smallest absolute Gasteiger partial charge is 0.252 e. The van der Waals surface area contributed by atoms with Crippen LogP contribution in [0.3, 0.4) is 0 Å². The summed E-state index contributed by atoms with van der Waals surface area (Å²) in [5.74, 6) is 0.00468. The molecule has 1 aliphatic heterocycles. The lowest BCUT2D eigenvalue weighted by Gasteiger charge is -2.14. The topological polar surface area (TPSA) is 54.0 Å². The molecule has 2 aromatic heterocycles. The third-order valence-corrected chi connectivity index (χ3v) is 4.25. The van der Waals surface area contributed by atoms with Gasteiger partial charge < -0.3 is 10.6 Å². The van der Waals surface area contributed by atoms with E-state index in [-0.39, 0.29) is 5.91 Å². The van der Waals surface area contributed by atoms with E-state index in [0.717, 1.165) is 30.8 Å². The third-order valence-electron chi connectivity index (χ3n) is 3.22. The van der Waals surface area contributed by atoms with Crippen LogP contribution in [0.4, 0.5) is 0 Å². The molecule has 0 unspecified atom stereocenters. The molecule has 1 amide bonds. The van der Waals surface area contributed by atoms with Crippen LogP contribution in [0.5, 0.6) is 0 Å². The molecule has 0 bridgehead atoms. The lowest BCUT2D eigenvalue weighted by atomic mass is 10.0. The van der Waals surface area contributed by atoms with E-state index < -0.39 is 0 Å². The van der Waals surface area contributed by atoms with Crippen LogP contribution < -0.4 is 10.6 Å². The average Bonchev–Trinajstić information content (AvgIpc) is 2.90. The molecule has 0 aliphatic carbocycles. The number of nitrogens with zero attached hydrogens (tertiary/aromatic N) is 1. The van der Waals surface area contributed by atoms with E-state index in [2.05, 4.69) is 15.6 Å². The van der Waals surface area contributed by atoms with Crippen LogP contribution in [0.25, 0.3) is 0 Å². The van der Waals surface area contributed by atoms with Crippen LogP contribution in [0.1, 0.15) is 26.5 Å². The Morgan fingerprint density at radius 3 is 3.26 bits per heavy atom. The van der Waals surface area contributed by atoms with E-state index in [1.54, 1.807) is 17.5 Å². The molecule has 0 radical (unpaired) electrons. The van der Waals surface area contributed by atoms with Gasteiger partial charge in [-0.3, -0.25) is 9.78 Å². The first-order chi connectivity index (χ1) is 9.34. The second-order valence-corrected chi connectivity index (χ2v) is 5.45. The van der Waals surface area contributed by atoms with Crippen molar-refractivity contribution >= 4 is 17.2 Å². The van der Waals surface area contributed by atoms with Crippen molar-refractivity contribution < 1.29 is 4.79 Å². The molecule has 0 aromatic carbocycles. The minimum Gasteiger partial charge on any atom is -0.346 e. The maximum Gasteiger partial charge on any atom is 0.252 e. The minimum absolute atomic E-state index is 0.00468. The normalized spacial score (nSPS) is 13.9. The number of fused-ring (bicyclic) bond motifs is 1. The van der Waals surface area contributed by atoms with Crippen molar-refractivity contribution in [3.63, 3.8) is 0 Å². The van der Waals surface area contributed by atoms with E-state index in [1.807, 2.05) is 23.6 Å². The molecular weight excluding hydrogens is 258 g/mol. The summed E-state index contributed by atoms with van der Waals surface area (Å²) in [5, 5.41) is 8.22. The quantitative estimate of drug-likeness (QED) is 0.895. The monoisotopic (exact) mass is 273 g/mol. The highest BCUT2D eigenvalue weighted by molar-refractivity contribution is 7.10. The van der Waals surface area contributed by atoms with Crippen LogP contribution in [-0.2, 0) is 19.5 Å². The highest BCUT2D eigenvalue weighted by Crippen LogP contribution is 2.25. The summed E-state index contributed by atoms with van der Waals surface area (Å²) >= 11 is 1.66. The summed E-state index contributed by atoms with van der Waals surface area (Å²) in [6, 6.07) is 5.70. The standard InChI is InChI=1S/C14H15N3OS/c18-14(17-7-10-3-1-2-5-16-10)12-9-19-13-8-15-6-4-11(12)13/h1-3,5,9,15H,4,6-8H2,(H,17,18). The number of carbonyl (C=O) groups is 1. The fourth-order valence-electron chi connectivity index (χ4n) is 2.22. The van der Waals surface area contributed by atoms with E-state index in [9.17, 15) is 4.79 Å². The molecule has 0 fully saturated rings. The second-order valence-electron chi connectivity index (χ2n) is 4.48. The number of nitrogens with one attached hydrogen (secondary N) is 2. The summed E-state index contributed by atoms with van der Waals surface area (Å²) < 4.78 is 0. The van der Waals surface area contributed by atoms with Crippen LogP contribution in [0.2, 0.25) is 0 Å². The highest BCUT2D eigenvalue weighted by Gasteiger charge is 2.19. The van der Waals surface area contributed by atoms with Gasteiger partial charge in [-0.25, -0.2) is 0 Å². The molecule has 0 atom stereocenters. The van der Waals surface area contributed by atoms with E-state index in [4.69, 9.17) is 0 Å². The van der Waals surface area contributed by atoms with Gasteiger partial charge in [0.15, 0.2) is 0 Å². The van der Waals surface area contributed by atoms with Gasteiger partial charge in [-0.05, 0) is 30.7 Å². The van der Waals surface area contributed by atoms with Gasteiger partial charge in [0.05, 0.1) is 17.8 Å². The van der Waals surface area contributed by atoms with Crippen molar-refractivity contribution in [1.82, 2.24) is 15.6 Å². The number of amides is 1. The Balaban J connectivity index is 1.69. The van der Waals surface area contributed by atoms with Gasteiger partial charge in [0.25, 0.3) is 5.91 Å². The SMILES string of the molecule is O=C(NCc1ccccn1)c1csc2c1CCNC2. The van der Waals surface area contributed by atoms with Crippen molar-refractivity contribution in [3.8, 4) is 0 Å². The fraction of sp³-hybridized carbons (Fsp3) is 0.286. The first kappa shape index (κ1) is 12.3. The zero-order valence-corrected chi connectivity index (χ0v) is 11.3. The Morgan fingerprint density at radius 2 is 2.42 bits per heavy atom. The maximum absolute atomic E-state index is 12.2. The molecule has 2 aromatic rings. The molecule has 5 heteroatoms. The molecule has 3 rings (SSSR count). The number of rotatable bonds is 3. The first-order valence-electron chi connectivity index (χ1n) is 6.32. The first-order valence-corrected chi connectivity index (χ1v) is 7.20. The van der Waals surface area contributed by atoms with E-state index in [0.29, 0.717) is 6.54 Å². The summed E-state index contributed by atoms with van der Waals surface area (Å²) in [4.78, 5) is 17.7. The number of thiophene rings is 1. The predicted octanol–water partition coefficient (Wildman–Crippen LogP) is 1.72. The van der Waals surface area contributed by atoms with Gasteiger partial charge in [0.1, 0.15) is 0 Å². The Labute approximate surface area is 115 Å². The zero-order valence-electron chi connectivity index (χ0n) is 10.5. The molecule has 98 valence electrons. The molecule has 4 nitrogen and oxygen atoms in total. The fourth-order valence-corrected chi connectivity index (χ4v) is 3.27. The largest absolute Gasteiger partial charge is 0.346 e. The zero-order chi connectivity index (χ0) is 13.1. The molecule has 19 heavy (non-hydrogen) atoms. The van der Waals surface area contributed by atoms with Crippen molar-refractivity contribution in [3.05, 3.63) is 51.5 Å². The molecule has 2 N–H and O–H groups in total. The molecule has 0 saturated heterocycles. The number of hydrogen-bond donors (Lipinski definition) is 2. The van der Waals surface area contributed by atoms with Crippen LogP contribution in [0.15, 0.2) is 29.8 Å². The Hall–Kier alpha value is -1.72. The minimum atomic E-state index is 0.00468. The highest BCUT2D eigenvalue weighted by atomic mass is 32.1. The summed E-state index contributed by atoms with van der Waals surface area (Å²) in [6.45, 7) is 2.31. The van der Waals surface area contributed by atoms with Crippen LogP contribution >= 0.6 is 11.3 Å². The maximum atomic E-state index is 12.2. The number of hydrogen-bond acceptors (Lipinski definition) is 4. The molecule has 3 heterocycles. The van der Waals surface area contributed by atoms with Crippen LogP contribution in [0, 0.1) is 0 Å². The van der Waals surface area contributed by atoms with Gasteiger partial charge in [-0.15, -0.1) is 11.3 Å². The van der Waals surface area contributed by atoms with Crippen molar-refractivity contribution in [2.45, 2.75) is 19.5 Å². The lowest BCUT2D eigenvalue weighted by molar-refractivity contribution is 0.0950. The number of carbonyl (C=O) groups excluding carboxylic acids is 1. The molecule has 0 spiro atoms. The van der Waals surface area contributed by atoms with Crippen molar-refractivity contribution in [2.24, 2.45) is 0 Å². The molecule has 0 saturated carbocycles. The van der Waals surface area contributed by atoms with Gasteiger partial charge in [-0.1, -0.05) is 6.07 Å². The third kappa shape index (κ3) is 2.67. The van der Waals surface area contributed by atoms with Gasteiger partial charge in [0, 0.05) is 23.0 Å². The van der Waals surface area contributed by atoms with Crippen LogP contribution in [-0.4, -0.2) is 17.4 Å². The molecular formula is C14H15N3OS. The van der Waals surface area contributed by atoms with Gasteiger partial charge in [-0.2, -0.15) is 0 Å². The summed E-state index contributed by atoms with van der Waals surface area (Å²) in [5.41, 5.74) is 2.92. The van der Waals surface area contributed by atoms with Crippen molar-refractivity contribution in [2.75, 3.05) is 6.54 Å². The molecule has 1 aliphatic rings. The number of pyridine rings is 1. The number of aromatic nitrogens is 1. The Kier molecular flexibility index (Phi) is 3.57. The van der Waals surface area contributed by atoms with Gasteiger partial charge >= 0.3 is 0 Å². The Bertz CT molecular complexity index is 580. The predicted molar refractivity (Wildman–Crippen MR) is 75.1 cm³/mol. The Morgan fingerprint density at radius 1 is 1.47 bits per heavy atom.